The molecule has 0 N–H and O–H groups in total. The van der Waals surface area contributed by atoms with Gasteiger partial charge in [0.15, 0.2) is 0 Å². The normalized spacial score (nSPS) is 41.1. The molecular weight excluding hydrogens is 294 g/mol. The van der Waals surface area contributed by atoms with Crippen LogP contribution in [0.15, 0.2) is 16.9 Å². The smallest absolute Gasteiger partial charge is 0.316 e. The minimum atomic E-state index is 0.332. The molecule has 1 saturated carbocycles. The van der Waals surface area contributed by atoms with Crippen LogP contribution in [0.2, 0.25) is 0 Å². The second kappa shape index (κ2) is 4.17. The van der Waals surface area contributed by atoms with E-state index < -0.39 is 0 Å². The minimum Gasteiger partial charge on any atom is -0.459 e. The fourth-order valence-corrected chi connectivity index (χ4v) is 4.24. The van der Waals surface area contributed by atoms with Gasteiger partial charge in [0.2, 0.25) is 0 Å². The zero-order chi connectivity index (χ0) is 12.1. The highest BCUT2D eigenvalue weighted by Gasteiger charge is 2.48. The third-order valence-electron chi connectivity index (χ3n) is 4.54. The van der Waals surface area contributed by atoms with E-state index in [1.807, 2.05) is 0 Å². The van der Waals surface area contributed by atoms with Crippen LogP contribution in [0.1, 0.15) is 12.8 Å². The number of piperidine rings is 3. The lowest BCUT2D eigenvalue weighted by atomic mass is 9.66. The molecule has 3 saturated heterocycles. The van der Waals surface area contributed by atoms with Crippen LogP contribution >= 0.6 is 15.9 Å². The number of nitrogens with zero attached hydrogens (tertiary/aromatic N) is 3. The van der Waals surface area contributed by atoms with Crippen molar-refractivity contribution in [3.63, 3.8) is 0 Å². The molecule has 1 aromatic heterocycles. The molecule has 0 spiro atoms. The summed E-state index contributed by atoms with van der Waals surface area (Å²) in [6.45, 7) is 3.72. The van der Waals surface area contributed by atoms with E-state index in [-0.39, 0.29) is 0 Å². The maximum absolute atomic E-state index is 6.08. The summed E-state index contributed by atoms with van der Waals surface area (Å²) in [5, 5.41) is 0. The van der Waals surface area contributed by atoms with Crippen molar-refractivity contribution >= 4 is 15.9 Å². The molecule has 1 aromatic rings. The number of hydrogen-bond acceptors (Lipinski definition) is 4. The van der Waals surface area contributed by atoms with Crippen molar-refractivity contribution in [3.05, 3.63) is 16.9 Å². The fraction of sp³-hybridized carbons (Fsp3) is 0.692. The van der Waals surface area contributed by atoms with Crippen molar-refractivity contribution in [1.82, 2.24) is 14.9 Å². The topological polar surface area (TPSA) is 38.2 Å². The van der Waals surface area contributed by atoms with Crippen molar-refractivity contribution in [3.8, 4) is 6.01 Å². The first kappa shape index (κ1) is 11.2. The predicted molar refractivity (Wildman–Crippen MR) is 70.3 cm³/mol. The zero-order valence-corrected chi connectivity index (χ0v) is 11.7. The predicted octanol–water partition coefficient (Wildman–Crippen LogP) is 1.96. The molecule has 0 aromatic carbocycles. The third kappa shape index (κ3) is 1.84. The summed E-state index contributed by atoms with van der Waals surface area (Å²) in [4.78, 5) is 11.1. The highest BCUT2D eigenvalue weighted by atomic mass is 79.9. The van der Waals surface area contributed by atoms with Gasteiger partial charge in [0.25, 0.3) is 0 Å². The van der Waals surface area contributed by atoms with Gasteiger partial charge in [0.05, 0.1) is 4.47 Å². The van der Waals surface area contributed by atoms with Crippen molar-refractivity contribution in [2.45, 2.75) is 18.9 Å². The lowest BCUT2D eigenvalue weighted by Crippen LogP contribution is -2.61. The van der Waals surface area contributed by atoms with Crippen molar-refractivity contribution in [1.29, 1.82) is 0 Å². The molecule has 4 heterocycles. The molecule has 0 radical (unpaired) electrons. The molecule has 4 aliphatic rings. The Morgan fingerprint density at radius 1 is 1.11 bits per heavy atom. The molecule has 0 amide bonds. The highest BCUT2D eigenvalue weighted by molar-refractivity contribution is 9.10. The molecule has 96 valence electrons. The summed E-state index contributed by atoms with van der Waals surface area (Å²) in [6.07, 6.45) is 6.49. The monoisotopic (exact) mass is 309 g/mol. The lowest BCUT2D eigenvalue weighted by Gasteiger charge is -2.55. The van der Waals surface area contributed by atoms with Crippen LogP contribution in [-0.4, -0.2) is 40.6 Å². The molecule has 4 fully saturated rings. The number of ether oxygens (including phenoxy) is 1. The minimum absolute atomic E-state index is 0.332. The van der Waals surface area contributed by atoms with Gasteiger partial charge in [-0.2, -0.15) is 0 Å². The summed E-state index contributed by atoms with van der Waals surface area (Å²) in [7, 11) is 0. The van der Waals surface area contributed by atoms with Crippen LogP contribution < -0.4 is 4.74 Å². The van der Waals surface area contributed by atoms with E-state index in [1.54, 1.807) is 12.4 Å². The van der Waals surface area contributed by atoms with E-state index in [0.717, 1.165) is 10.4 Å². The van der Waals surface area contributed by atoms with Crippen LogP contribution in [0.5, 0.6) is 6.01 Å². The van der Waals surface area contributed by atoms with Gasteiger partial charge in [-0.15, -0.1) is 0 Å². The second-order valence-electron chi connectivity index (χ2n) is 5.84. The maximum Gasteiger partial charge on any atom is 0.316 e. The Balaban J connectivity index is 1.53. The summed E-state index contributed by atoms with van der Waals surface area (Å²) in [6, 6.07) is 0.533. The van der Waals surface area contributed by atoms with E-state index in [4.69, 9.17) is 4.74 Å². The molecular formula is C13H16BrN3O. The average molecular weight is 310 g/mol. The van der Waals surface area contributed by atoms with Crippen LogP contribution in [0.3, 0.4) is 0 Å². The molecule has 5 heteroatoms. The Hall–Kier alpha value is -0.680. The number of rotatable bonds is 2. The van der Waals surface area contributed by atoms with Crippen molar-refractivity contribution < 1.29 is 4.74 Å². The van der Waals surface area contributed by atoms with Crippen LogP contribution in [0, 0.1) is 17.8 Å². The van der Waals surface area contributed by atoms with Gasteiger partial charge >= 0.3 is 6.01 Å². The Labute approximate surface area is 115 Å². The summed E-state index contributed by atoms with van der Waals surface area (Å²) < 4.78 is 6.97. The summed E-state index contributed by atoms with van der Waals surface area (Å²) in [5.41, 5.74) is 0. The zero-order valence-electron chi connectivity index (χ0n) is 10.1. The quantitative estimate of drug-likeness (QED) is 0.837. The average Bonchev–Trinajstić information content (AvgIpc) is 2.35. The van der Waals surface area contributed by atoms with E-state index in [2.05, 4.69) is 30.8 Å². The van der Waals surface area contributed by atoms with Gasteiger partial charge in [-0.05, 0) is 34.7 Å². The first-order valence-corrected chi connectivity index (χ1v) is 7.44. The van der Waals surface area contributed by atoms with E-state index in [9.17, 15) is 0 Å². The highest BCUT2D eigenvalue weighted by Crippen LogP contribution is 2.44. The number of hydrogen-bond donors (Lipinski definition) is 0. The van der Waals surface area contributed by atoms with Gasteiger partial charge in [-0.3, -0.25) is 0 Å². The van der Waals surface area contributed by atoms with Gasteiger partial charge in [0, 0.05) is 43.9 Å². The lowest BCUT2D eigenvalue weighted by molar-refractivity contribution is -0.101. The van der Waals surface area contributed by atoms with Crippen molar-refractivity contribution in [2.24, 2.45) is 17.8 Å². The third-order valence-corrected chi connectivity index (χ3v) is 4.95. The largest absolute Gasteiger partial charge is 0.459 e. The molecule has 1 aliphatic carbocycles. The van der Waals surface area contributed by atoms with Gasteiger partial charge in [-0.1, -0.05) is 0 Å². The SMILES string of the molecule is Brc1cnc(OC2[C@H]3CC4C[C@H]2CN(C4)C3)nc1. The van der Waals surface area contributed by atoms with Crippen LogP contribution in [0.4, 0.5) is 0 Å². The first-order valence-electron chi connectivity index (χ1n) is 6.64. The Morgan fingerprint density at radius 3 is 2.39 bits per heavy atom. The fourth-order valence-electron chi connectivity index (χ4n) is 4.04. The summed E-state index contributed by atoms with van der Waals surface area (Å²) >= 11 is 3.35. The molecule has 18 heavy (non-hydrogen) atoms. The molecule has 5 rings (SSSR count). The van der Waals surface area contributed by atoms with Gasteiger partial charge in [-0.25, -0.2) is 9.97 Å². The molecule has 0 unspecified atom stereocenters. The van der Waals surface area contributed by atoms with E-state index >= 15 is 0 Å². The van der Waals surface area contributed by atoms with Crippen molar-refractivity contribution in [2.75, 3.05) is 19.6 Å². The summed E-state index contributed by atoms with van der Waals surface area (Å²) in [5.74, 6) is 2.28. The Kier molecular flexibility index (Phi) is 2.59. The van der Waals surface area contributed by atoms with Gasteiger partial charge in [0.1, 0.15) is 6.10 Å². The molecule has 4 bridgehead atoms. The van der Waals surface area contributed by atoms with E-state index in [1.165, 1.54) is 32.5 Å². The second-order valence-corrected chi connectivity index (χ2v) is 6.76. The maximum atomic E-state index is 6.08. The Morgan fingerprint density at radius 2 is 1.78 bits per heavy atom. The molecule has 4 nitrogen and oxygen atoms in total. The first-order chi connectivity index (χ1) is 8.78. The molecule has 3 aliphatic heterocycles. The number of halogens is 1. The molecule has 2 atom stereocenters. The van der Waals surface area contributed by atoms with E-state index in [0.29, 0.717) is 24.0 Å². The van der Waals surface area contributed by atoms with Gasteiger partial charge < -0.3 is 9.64 Å². The van der Waals surface area contributed by atoms with Crippen LogP contribution in [-0.2, 0) is 0 Å². The number of aromatic nitrogens is 2. The van der Waals surface area contributed by atoms with Crippen LogP contribution in [0.25, 0.3) is 0 Å². The standard InChI is InChI=1S/C13H16BrN3O/c14-11-3-15-13(16-4-11)18-12-9-1-8-2-10(12)7-17(5-8)6-9/h3-4,8-10,12H,1-2,5-7H2/t8?,9-,10-,12?/m0/s1. The Bertz CT molecular complexity index is 422.